The first-order valence-corrected chi connectivity index (χ1v) is 11.1. The summed E-state index contributed by atoms with van der Waals surface area (Å²) in [7, 11) is 0. The first-order valence-electron chi connectivity index (χ1n) is 10.8. The minimum absolute atomic E-state index is 0.0541. The fourth-order valence-electron chi connectivity index (χ4n) is 3.47. The van der Waals surface area contributed by atoms with Gasteiger partial charge in [-0.3, -0.25) is 4.79 Å². The summed E-state index contributed by atoms with van der Waals surface area (Å²) in [4.78, 5) is 28.5. The molecule has 7 heteroatoms. The van der Waals surface area contributed by atoms with Crippen molar-refractivity contribution < 1.29 is 14.3 Å². The van der Waals surface area contributed by atoms with Crippen molar-refractivity contribution >= 4 is 23.5 Å². The van der Waals surface area contributed by atoms with Crippen molar-refractivity contribution in [3.05, 3.63) is 64.7 Å². The molecule has 166 valence electrons. The van der Waals surface area contributed by atoms with E-state index in [1.54, 1.807) is 9.80 Å². The van der Waals surface area contributed by atoms with Gasteiger partial charge in [0.05, 0.1) is 12.6 Å². The van der Waals surface area contributed by atoms with Gasteiger partial charge in [-0.15, -0.1) is 0 Å². The Hall–Kier alpha value is -2.73. The van der Waals surface area contributed by atoms with Crippen molar-refractivity contribution in [1.82, 2.24) is 15.1 Å². The van der Waals surface area contributed by atoms with E-state index in [0.29, 0.717) is 31.3 Å². The molecule has 0 spiro atoms. The molecule has 3 amide bonds. The van der Waals surface area contributed by atoms with Gasteiger partial charge in [0, 0.05) is 24.7 Å². The van der Waals surface area contributed by atoms with Crippen molar-refractivity contribution in [3.63, 3.8) is 0 Å². The van der Waals surface area contributed by atoms with E-state index in [-0.39, 0.29) is 24.5 Å². The maximum Gasteiger partial charge on any atom is 0.320 e. The van der Waals surface area contributed by atoms with E-state index in [1.165, 1.54) is 0 Å². The minimum Gasteiger partial charge on any atom is -0.494 e. The van der Waals surface area contributed by atoms with E-state index in [0.717, 1.165) is 29.7 Å². The van der Waals surface area contributed by atoms with E-state index < -0.39 is 0 Å². The van der Waals surface area contributed by atoms with Crippen molar-refractivity contribution in [2.75, 3.05) is 26.2 Å². The van der Waals surface area contributed by atoms with Gasteiger partial charge in [-0.1, -0.05) is 49.2 Å². The zero-order valence-electron chi connectivity index (χ0n) is 18.1. The summed E-state index contributed by atoms with van der Waals surface area (Å²) < 4.78 is 5.68. The highest BCUT2D eigenvalue weighted by Crippen LogP contribution is 2.19. The molecule has 1 aliphatic rings. The lowest BCUT2D eigenvalue weighted by molar-refractivity contribution is -0.122. The molecule has 1 unspecified atom stereocenters. The van der Waals surface area contributed by atoms with Crippen LogP contribution in [-0.2, 0) is 11.3 Å². The standard InChI is InChI=1S/C24H30ClN3O3/c1-3-4-15-31-22-11-7-20(8-12-22)18(2)26-23(29)17-28-14-13-27(24(28)30)16-19-5-9-21(25)10-6-19/h5-12,18H,3-4,13-17H2,1-2H3,(H,26,29). The molecule has 1 saturated heterocycles. The lowest BCUT2D eigenvalue weighted by atomic mass is 10.1. The highest BCUT2D eigenvalue weighted by molar-refractivity contribution is 6.30. The molecule has 0 aliphatic carbocycles. The van der Waals surface area contributed by atoms with E-state index in [4.69, 9.17) is 16.3 Å². The molecule has 2 aromatic carbocycles. The van der Waals surface area contributed by atoms with Crippen LogP contribution in [0.2, 0.25) is 5.02 Å². The second kappa shape index (κ2) is 11.0. The lowest BCUT2D eigenvalue weighted by Gasteiger charge is -2.20. The summed E-state index contributed by atoms with van der Waals surface area (Å²) in [5.41, 5.74) is 2.01. The van der Waals surface area contributed by atoms with Crippen LogP contribution in [-0.4, -0.2) is 48.0 Å². The smallest absolute Gasteiger partial charge is 0.320 e. The summed E-state index contributed by atoms with van der Waals surface area (Å²) >= 11 is 5.92. The number of carbonyl (C=O) groups is 2. The van der Waals surface area contributed by atoms with Crippen LogP contribution in [0.4, 0.5) is 4.79 Å². The normalized spacial score (nSPS) is 14.6. The molecule has 0 bridgehead atoms. The van der Waals surface area contributed by atoms with Crippen molar-refractivity contribution in [1.29, 1.82) is 0 Å². The number of hydrogen-bond acceptors (Lipinski definition) is 3. The zero-order valence-corrected chi connectivity index (χ0v) is 18.9. The molecular weight excluding hydrogens is 414 g/mol. The SMILES string of the molecule is CCCCOc1ccc(C(C)NC(=O)CN2CCN(Cc3ccc(Cl)cc3)C2=O)cc1. The third-order valence-corrected chi connectivity index (χ3v) is 5.58. The number of carbonyl (C=O) groups excluding carboxylic acids is 2. The third-order valence-electron chi connectivity index (χ3n) is 5.33. The number of hydrogen-bond donors (Lipinski definition) is 1. The Labute approximate surface area is 189 Å². The fourth-order valence-corrected chi connectivity index (χ4v) is 3.59. The number of nitrogens with zero attached hydrogens (tertiary/aromatic N) is 2. The van der Waals surface area contributed by atoms with E-state index in [1.807, 2.05) is 55.5 Å². The van der Waals surface area contributed by atoms with Crippen LogP contribution < -0.4 is 10.1 Å². The number of unbranched alkanes of at least 4 members (excludes halogenated alkanes) is 1. The number of rotatable bonds is 10. The molecular formula is C24H30ClN3O3. The second-order valence-corrected chi connectivity index (χ2v) is 8.25. The topological polar surface area (TPSA) is 61.9 Å². The number of benzene rings is 2. The van der Waals surface area contributed by atoms with Crippen LogP contribution in [0, 0.1) is 0 Å². The number of ether oxygens (including phenoxy) is 1. The van der Waals surface area contributed by atoms with Crippen molar-refractivity contribution in [2.45, 2.75) is 39.3 Å². The summed E-state index contributed by atoms with van der Waals surface area (Å²) in [5.74, 6) is 0.664. The molecule has 6 nitrogen and oxygen atoms in total. The van der Waals surface area contributed by atoms with Gasteiger partial charge >= 0.3 is 6.03 Å². The van der Waals surface area contributed by atoms with Gasteiger partial charge in [-0.25, -0.2) is 4.79 Å². The molecule has 0 radical (unpaired) electrons. The Morgan fingerprint density at radius 2 is 1.77 bits per heavy atom. The first kappa shape index (κ1) is 22.9. The van der Waals surface area contributed by atoms with Crippen LogP contribution in [0.1, 0.15) is 43.9 Å². The summed E-state index contributed by atoms with van der Waals surface area (Å²) in [6, 6.07) is 14.9. The van der Waals surface area contributed by atoms with Crippen LogP contribution in [0.5, 0.6) is 5.75 Å². The Bertz CT molecular complexity index is 871. The summed E-state index contributed by atoms with van der Waals surface area (Å²) in [6.07, 6.45) is 2.13. The highest BCUT2D eigenvalue weighted by Gasteiger charge is 2.30. The van der Waals surface area contributed by atoms with Crippen LogP contribution >= 0.6 is 11.6 Å². The fraction of sp³-hybridized carbons (Fsp3) is 0.417. The van der Waals surface area contributed by atoms with Gasteiger partial charge < -0.3 is 19.9 Å². The quantitative estimate of drug-likeness (QED) is 0.544. The first-order chi connectivity index (χ1) is 15.0. The summed E-state index contributed by atoms with van der Waals surface area (Å²) in [6.45, 7) is 6.48. The maximum atomic E-state index is 12.6. The molecule has 1 atom stereocenters. The number of nitrogens with one attached hydrogen (secondary N) is 1. The maximum absolute atomic E-state index is 12.6. The second-order valence-electron chi connectivity index (χ2n) is 7.81. The number of amides is 3. The largest absolute Gasteiger partial charge is 0.494 e. The van der Waals surface area contributed by atoms with Gasteiger partial charge in [0.2, 0.25) is 5.91 Å². The van der Waals surface area contributed by atoms with Crippen LogP contribution in [0.15, 0.2) is 48.5 Å². The Balaban J connectivity index is 1.46. The van der Waals surface area contributed by atoms with Gasteiger partial charge in [0.15, 0.2) is 0 Å². The highest BCUT2D eigenvalue weighted by atomic mass is 35.5. The predicted molar refractivity (Wildman–Crippen MR) is 122 cm³/mol. The van der Waals surface area contributed by atoms with Gasteiger partial charge in [-0.2, -0.15) is 0 Å². The van der Waals surface area contributed by atoms with Crippen molar-refractivity contribution in [3.8, 4) is 5.75 Å². The predicted octanol–water partition coefficient (Wildman–Crippen LogP) is 4.63. The number of urea groups is 1. The Kier molecular flexibility index (Phi) is 8.18. The molecule has 1 aliphatic heterocycles. The lowest BCUT2D eigenvalue weighted by Crippen LogP contribution is -2.40. The average molecular weight is 444 g/mol. The molecule has 1 N–H and O–H groups in total. The van der Waals surface area contributed by atoms with Crippen LogP contribution in [0.3, 0.4) is 0 Å². The average Bonchev–Trinajstić information content (AvgIpc) is 3.09. The van der Waals surface area contributed by atoms with Gasteiger partial charge in [0.1, 0.15) is 12.3 Å². The molecule has 0 saturated carbocycles. The van der Waals surface area contributed by atoms with Gasteiger partial charge in [-0.05, 0) is 48.7 Å². The molecule has 1 fully saturated rings. The molecule has 2 aromatic rings. The van der Waals surface area contributed by atoms with E-state index >= 15 is 0 Å². The summed E-state index contributed by atoms with van der Waals surface area (Å²) in [5, 5.41) is 3.65. The zero-order chi connectivity index (χ0) is 22.2. The van der Waals surface area contributed by atoms with Gasteiger partial charge in [0.25, 0.3) is 0 Å². The monoisotopic (exact) mass is 443 g/mol. The third kappa shape index (κ3) is 6.62. The minimum atomic E-state index is -0.169. The molecule has 1 heterocycles. The molecule has 3 rings (SSSR count). The van der Waals surface area contributed by atoms with Crippen molar-refractivity contribution in [2.24, 2.45) is 0 Å². The Morgan fingerprint density at radius 3 is 2.45 bits per heavy atom. The van der Waals surface area contributed by atoms with E-state index in [2.05, 4.69) is 12.2 Å². The van der Waals surface area contributed by atoms with E-state index in [9.17, 15) is 9.59 Å². The number of halogens is 1. The van der Waals surface area contributed by atoms with Crippen LogP contribution in [0.25, 0.3) is 0 Å². The Morgan fingerprint density at radius 1 is 1.10 bits per heavy atom. The molecule has 31 heavy (non-hydrogen) atoms. The molecule has 0 aromatic heterocycles.